The second-order valence-corrected chi connectivity index (χ2v) is 6.13. The van der Waals surface area contributed by atoms with Crippen LogP contribution in [-0.4, -0.2) is 20.8 Å². The van der Waals surface area contributed by atoms with E-state index in [0.717, 1.165) is 24.2 Å². The van der Waals surface area contributed by atoms with E-state index in [0.29, 0.717) is 6.04 Å². The standard InChI is InChI=1S/C18H23N3O2/c22-16(14-7-3-1-4-8-14)13-18(23)20-17-11-12-19-21(17)15-9-5-2-6-10-15/h1,3-4,7-8,11-12,15-16,22H,2,5-6,9-10,13H2,(H,20,23). The Morgan fingerprint density at radius 1 is 1.22 bits per heavy atom. The summed E-state index contributed by atoms with van der Waals surface area (Å²) in [6.45, 7) is 0. The molecule has 3 rings (SSSR count). The van der Waals surface area contributed by atoms with Gasteiger partial charge in [0.05, 0.1) is 24.8 Å². The third kappa shape index (κ3) is 3.99. The molecule has 1 aromatic heterocycles. The van der Waals surface area contributed by atoms with Crippen molar-refractivity contribution in [3.63, 3.8) is 0 Å². The van der Waals surface area contributed by atoms with Gasteiger partial charge in [0.1, 0.15) is 5.82 Å². The van der Waals surface area contributed by atoms with Crippen LogP contribution in [-0.2, 0) is 4.79 Å². The van der Waals surface area contributed by atoms with E-state index in [2.05, 4.69) is 10.4 Å². The fraction of sp³-hybridized carbons (Fsp3) is 0.444. The molecule has 1 atom stereocenters. The van der Waals surface area contributed by atoms with E-state index in [-0.39, 0.29) is 12.3 Å². The van der Waals surface area contributed by atoms with Gasteiger partial charge in [-0.05, 0) is 18.4 Å². The van der Waals surface area contributed by atoms with E-state index in [4.69, 9.17) is 0 Å². The molecule has 1 amide bonds. The van der Waals surface area contributed by atoms with E-state index in [9.17, 15) is 9.90 Å². The van der Waals surface area contributed by atoms with Gasteiger partial charge in [-0.1, -0.05) is 49.6 Å². The van der Waals surface area contributed by atoms with Crippen molar-refractivity contribution in [3.05, 3.63) is 48.2 Å². The topological polar surface area (TPSA) is 67.2 Å². The molecule has 1 saturated carbocycles. The summed E-state index contributed by atoms with van der Waals surface area (Å²) >= 11 is 0. The summed E-state index contributed by atoms with van der Waals surface area (Å²) in [6, 6.07) is 11.4. The Labute approximate surface area is 136 Å². The number of hydrogen-bond acceptors (Lipinski definition) is 3. The molecule has 1 heterocycles. The third-order valence-corrected chi connectivity index (χ3v) is 4.42. The maximum absolute atomic E-state index is 12.2. The molecule has 5 heteroatoms. The molecule has 5 nitrogen and oxygen atoms in total. The number of nitrogens with one attached hydrogen (secondary N) is 1. The molecule has 1 aliphatic carbocycles. The summed E-state index contributed by atoms with van der Waals surface area (Å²) in [5.41, 5.74) is 0.753. The number of anilines is 1. The van der Waals surface area contributed by atoms with Crippen molar-refractivity contribution in [2.45, 2.75) is 50.7 Å². The number of amides is 1. The lowest BCUT2D eigenvalue weighted by Gasteiger charge is -2.24. The molecule has 0 aliphatic heterocycles. The van der Waals surface area contributed by atoms with Gasteiger partial charge >= 0.3 is 0 Å². The zero-order valence-electron chi connectivity index (χ0n) is 13.2. The van der Waals surface area contributed by atoms with Crippen molar-refractivity contribution < 1.29 is 9.90 Å². The Hall–Kier alpha value is -2.14. The van der Waals surface area contributed by atoms with Crippen molar-refractivity contribution in [1.82, 2.24) is 9.78 Å². The summed E-state index contributed by atoms with van der Waals surface area (Å²) in [4.78, 5) is 12.2. The Kier molecular flexibility index (Phi) is 5.08. The van der Waals surface area contributed by atoms with E-state index in [1.54, 1.807) is 6.20 Å². The first kappa shape index (κ1) is 15.7. The van der Waals surface area contributed by atoms with E-state index >= 15 is 0 Å². The van der Waals surface area contributed by atoms with E-state index in [1.807, 2.05) is 41.1 Å². The van der Waals surface area contributed by atoms with Gasteiger partial charge in [-0.25, -0.2) is 4.68 Å². The highest BCUT2D eigenvalue weighted by Gasteiger charge is 2.20. The normalized spacial score (nSPS) is 16.9. The van der Waals surface area contributed by atoms with E-state index < -0.39 is 6.10 Å². The monoisotopic (exact) mass is 313 g/mol. The largest absolute Gasteiger partial charge is 0.388 e. The Balaban J connectivity index is 1.61. The van der Waals surface area contributed by atoms with Crippen LogP contribution in [0.15, 0.2) is 42.6 Å². The lowest BCUT2D eigenvalue weighted by Crippen LogP contribution is -2.21. The molecular weight excluding hydrogens is 290 g/mol. The van der Waals surface area contributed by atoms with Crippen LogP contribution in [0.3, 0.4) is 0 Å². The van der Waals surface area contributed by atoms with Crippen LogP contribution in [0.1, 0.15) is 56.2 Å². The zero-order chi connectivity index (χ0) is 16.1. The van der Waals surface area contributed by atoms with Gasteiger partial charge in [-0.15, -0.1) is 0 Å². The molecular formula is C18H23N3O2. The minimum Gasteiger partial charge on any atom is -0.388 e. The molecule has 23 heavy (non-hydrogen) atoms. The maximum atomic E-state index is 12.2. The van der Waals surface area contributed by atoms with Crippen LogP contribution in [0.25, 0.3) is 0 Å². The summed E-state index contributed by atoms with van der Waals surface area (Å²) in [5.74, 6) is 0.529. The molecule has 0 radical (unpaired) electrons. The van der Waals surface area contributed by atoms with Crippen molar-refractivity contribution in [2.75, 3.05) is 5.32 Å². The first-order chi connectivity index (χ1) is 11.2. The van der Waals surface area contributed by atoms with Crippen LogP contribution in [0.2, 0.25) is 0 Å². The first-order valence-electron chi connectivity index (χ1n) is 8.30. The summed E-state index contributed by atoms with van der Waals surface area (Å²) in [6.07, 6.45) is 6.90. The second kappa shape index (κ2) is 7.42. The molecule has 0 spiro atoms. The fourth-order valence-corrected chi connectivity index (χ4v) is 3.19. The predicted octanol–water partition coefficient (Wildman–Crippen LogP) is 3.45. The molecule has 2 N–H and O–H groups in total. The van der Waals surface area contributed by atoms with Gasteiger partial charge in [0.15, 0.2) is 0 Å². The summed E-state index contributed by atoms with van der Waals surface area (Å²) in [5, 5.41) is 17.4. The van der Waals surface area contributed by atoms with Crippen LogP contribution in [0.4, 0.5) is 5.82 Å². The maximum Gasteiger partial charge on any atom is 0.228 e. The number of nitrogens with zero attached hydrogens (tertiary/aromatic N) is 2. The van der Waals surface area contributed by atoms with Gasteiger partial charge in [0.2, 0.25) is 5.91 Å². The average Bonchev–Trinajstić information content (AvgIpc) is 3.04. The minimum atomic E-state index is -0.790. The lowest BCUT2D eigenvalue weighted by atomic mass is 9.96. The van der Waals surface area contributed by atoms with Crippen LogP contribution in [0.5, 0.6) is 0 Å². The number of carbonyl (C=O) groups is 1. The SMILES string of the molecule is O=C(CC(O)c1ccccc1)Nc1ccnn1C1CCCCC1. The Morgan fingerprint density at radius 3 is 2.70 bits per heavy atom. The quantitative estimate of drug-likeness (QED) is 0.888. The third-order valence-electron chi connectivity index (χ3n) is 4.42. The van der Waals surface area contributed by atoms with Gasteiger partial charge < -0.3 is 10.4 Å². The molecule has 1 aliphatic rings. The molecule has 1 aromatic carbocycles. The van der Waals surface area contributed by atoms with Crippen molar-refractivity contribution in [1.29, 1.82) is 0 Å². The predicted molar refractivity (Wildman–Crippen MR) is 89.0 cm³/mol. The highest BCUT2D eigenvalue weighted by molar-refractivity contribution is 5.90. The van der Waals surface area contributed by atoms with Crippen molar-refractivity contribution in [3.8, 4) is 0 Å². The Morgan fingerprint density at radius 2 is 1.96 bits per heavy atom. The number of aliphatic hydroxyl groups excluding tert-OH is 1. The van der Waals surface area contributed by atoms with Gasteiger partial charge in [-0.2, -0.15) is 5.10 Å². The van der Waals surface area contributed by atoms with Crippen LogP contribution in [0, 0.1) is 0 Å². The molecule has 2 aromatic rings. The average molecular weight is 313 g/mol. The first-order valence-corrected chi connectivity index (χ1v) is 8.30. The Bertz CT molecular complexity index is 633. The van der Waals surface area contributed by atoms with Gasteiger partial charge in [-0.3, -0.25) is 4.79 Å². The van der Waals surface area contributed by atoms with Crippen molar-refractivity contribution >= 4 is 11.7 Å². The van der Waals surface area contributed by atoms with Crippen molar-refractivity contribution in [2.24, 2.45) is 0 Å². The number of hydrogen-bond donors (Lipinski definition) is 2. The smallest absolute Gasteiger partial charge is 0.228 e. The molecule has 1 unspecified atom stereocenters. The highest BCUT2D eigenvalue weighted by Crippen LogP contribution is 2.30. The second-order valence-electron chi connectivity index (χ2n) is 6.13. The van der Waals surface area contributed by atoms with Crippen LogP contribution < -0.4 is 5.32 Å². The molecule has 0 saturated heterocycles. The lowest BCUT2D eigenvalue weighted by molar-refractivity contribution is -0.118. The molecule has 122 valence electrons. The van der Waals surface area contributed by atoms with Crippen LogP contribution >= 0.6 is 0 Å². The minimum absolute atomic E-state index is 0.0415. The van der Waals surface area contributed by atoms with E-state index in [1.165, 1.54) is 19.3 Å². The van der Waals surface area contributed by atoms with Gasteiger partial charge in [0, 0.05) is 6.07 Å². The molecule has 0 bridgehead atoms. The summed E-state index contributed by atoms with van der Waals surface area (Å²) in [7, 11) is 0. The number of aromatic nitrogens is 2. The fourth-order valence-electron chi connectivity index (χ4n) is 3.19. The number of benzene rings is 1. The zero-order valence-corrected chi connectivity index (χ0v) is 13.2. The molecule has 1 fully saturated rings. The number of carbonyl (C=O) groups excluding carboxylic acids is 1. The van der Waals surface area contributed by atoms with Gasteiger partial charge in [0.25, 0.3) is 0 Å². The number of rotatable bonds is 5. The number of aliphatic hydroxyl groups is 1. The highest BCUT2D eigenvalue weighted by atomic mass is 16.3. The summed E-state index contributed by atoms with van der Waals surface area (Å²) < 4.78 is 1.92.